The summed E-state index contributed by atoms with van der Waals surface area (Å²) in [7, 11) is 1.36. The number of aromatic nitrogens is 3. The molecule has 7 heteroatoms. The maximum absolute atomic E-state index is 11.7. The maximum atomic E-state index is 11.7. The fourth-order valence-electron chi connectivity index (χ4n) is 3.10. The quantitative estimate of drug-likeness (QED) is 0.382. The number of fused-ring (bicyclic) bond motifs is 1. The smallest absolute Gasteiger partial charge is 0.337 e. The topological polar surface area (TPSA) is 77.0 Å². The van der Waals surface area contributed by atoms with Crippen molar-refractivity contribution in [3.63, 3.8) is 0 Å². The zero-order valence-electron chi connectivity index (χ0n) is 15.6. The van der Waals surface area contributed by atoms with Gasteiger partial charge in [-0.05, 0) is 53.1 Å². The predicted octanol–water partition coefficient (Wildman–Crippen LogP) is 4.74. The molecular weight excluding hydrogens is 388 g/mol. The highest BCUT2D eigenvalue weighted by atomic mass is 35.5. The molecule has 0 radical (unpaired) electrons. The molecule has 0 saturated heterocycles. The first-order chi connectivity index (χ1) is 14.2. The van der Waals surface area contributed by atoms with Crippen molar-refractivity contribution in [3.05, 3.63) is 83.4 Å². The van der Waals surface area contributed by atoms with E-state index in [2.05, 4.69) is 20.3 Å². The lowest BCUT2D eigenvalue weighted by Gasteiger charge is -2.13. The van der Waals surface area contributed by atoms with Crippen molar-refractivity contribution in [2.24, 2.45) is 0 Å². The second-order valence-electron chi connectivity index (χ2n) is 6.28. The molecule has 6 nitrogen and oxygen atoms in total. The Balaban J connectivity index is 1.77. The van der Waals surface area contributed by atoms with Gasteiger partial charge < -0.3 is 10.1 Å². The Morgan fingerprint density at radius 3 is 2.59 bits per heavy atom. The normalized spacial score (nSPS) is 10.7. The highest BCUT2D eigenvalue weighted by molar-refractivity contribution is 6.29. The summed E-state index contributed by atoms with van der Waals surface area (Å²) in [6.07, 6.45) is 1.75. The third kappa shape index (κ3) is 4.02. The summed E-state index contributed by atoms with van der Waals surface area (Å²) in [6, 6.07) is 18.7. The number of nitrogens with one attached hydrogen (secondary N) is 1. The zero-order valence-corrected chi connectivity index (χ0v) is 16.3. The third-order valence-corrected chi connectivity index (χ3v) is 4.65. The van der Waals surface area contributed by atoms with Gasteiger partial charge in [-0.2, -0.15) is 0 Å². The van der Waals surface area contributed by atoms with Crippen LogP contribution in [0.1, 0.15) is 16.1 Å². The Kier molecular flexibility index (Phi) is 5.35. The Labute approximate surface area is 172 Å². The maximum Gasteiger partial charge on any atom is 0.337 e. The number of pyridine rings is 1. The van der Waals surface area contributed by atoms with E-state index in [0.717, 1.165) is 27.7 Å². The number of carbonyl (C=O) groups is 1. The number of rotatable bonds is 5. The summed E-state index contributed by atoms with van der Waals surface area (Å²) in [5.74, 6) is 0.251. The largest absolute Gasteiger partial charge is 0.465 e. The minimum atomic E-state index is -0.373. The summed E-state index contributed by atoms with van der Waals surface area (Å²) in [5, 5.41) is 4.33. The number of hydrogen-bond donors (Lipinski definition) is 1. The van der Waals surface area contributed by atoms with Crippen LogP contribution in [0, 0.1) is 0 Å². The second kappa shape index (κ2) is 8.24. The first-order valence-electron chi connectivity index (χ1n) is 8.94. The van der Waals surface area contributed by atoms with E-state index in [1.165, 1.54) is 7.11 Å². The van der Waals surface area contributed by atoms with Gasteiger partial charge in [0.05, 0.1) is 35.8 Å². The van der Waals surface area contributed by atoms with Gasteiger partial charge in [0, 0.05) is 6.20 Å². The number of anilines is 1. The SMILES string of the molecule is COC(=O)c1ccc(-c2cccc3nc(Cl)nc(NCc4ccccn4)c23)cc1. The van der Waals surface area contributed by atoms with Crippen LogP contribution >= 0.6 is 11.6 Å². The molecule has 2 heterocycles. The van der Waals surface area contributed by atoms with Gasteiger partial charge in [0.15, 0.2) is 0 Å². The van der Waals surface area contributed by atoms with E-state index >= 15 is 0 Å². The predicted molar refractivity (Wildman–Crippen MR) is 113 cm³/mol. The van der Waals surface area contributed by atoms with Crippen molar-refractivity contribution in [2.45, 2.75) is 6.54 Å². The van der Waals surface area contributed by atoms with Gasteiger partial charge in [0.2, 0.25) is 5.28 Å². The average molecular weight is 405 g/mol. The van der Waals surface area contributed by atoms with E-state index in [1.54, 1.807) is 18.3 Å². The molecule has 0 bridgehead atoms. The minimum Gasteiger partial charge on any atom is -0.465 e. The van der Waals surface area contributed by atoms with Crippen LogP contribution in [0.2, 0.25) is 5.28 Å². The Hall–Kier alpha value is -3.51. The van der Waals surface area contributed by atoms with E-state index in [1.807, 2.05) is 48.5 Å². The second-order valence-corrected chi connectivity index (χ2v) is 6.62. The number of methoxy groups -OCH3 is 1. The zero-order chi connectivity index (χ0) is 20.2. The number of esters is 1. The molecule has 4 aromatic rings. The van der Waals surface area contributed by atoms with E-state index in [0.29, 0.717) is 17.9 Å². The van der Waals surface area contributed by atoms with Crippen LogP contribution in [-0.2, 0) is 11.3 Å². The van der Waals surface area contributed by atoms with E-state index in [-0.39, 0.29) is 11.3 Å². The molecular formula is C22H17ClN4O2. The molecule has 2 aromatic carbocycles. The van der Waals surface area contributed by atoms with Crippen LogP contribution < -0.4 is 5.32 Å². The molecule has 0 spiro atoms. The monoisotopic (exact) mass is 404 g/mol. The van der Waals surface area contributed by atoms with Crippen molar-refractivity contribution >= 4 is 34.3 Å². The summed E-state index contributed by atoms with van der Waals surface area (Å²) in [5.41, 5.74) is 3.96. The number of benzene rings is 2. The Bertz CT molecular complexity index is 1160. The molecule has 29 heavy (non-hydrogen) atoms. The summed E-state index contributed by atoms with van der Waals surface area (Å²) in [4.78, 5) is 24.8. The van der Waals surface area contributed by atoms with Gasteiger partial charge in [0.25, 0.3) is 0 Å². The Morgan fingerprint density at radius 1 is 1.03 bits per heavy atom. The fraction of sp³-hybridized carbons (Fsp3) is 0.0909. The molecule has 144 valence electrons. The van der Waals surface area contributed by atoms with Crippen LogP contribution in [0.5, 0.6) is 0 Å². The van der Waals surface area contributed by atoms with Crippen LogP contribution in [0.25, 0.3) is 22.0 Å². The van der Waals surface area contributed by atoms with Gasteiger partial charge in [-0.3, -0.25) is 4.98 Å². The lowest BCUT2D eigenvalue weighted by Crippen LogP contribution is -2.05. The molecule has 0 aliphatic heterocycles. The van der Waals surface area contributed by atoms with Gasteiger partial charge in [-0.25, -0.2) is 14.8 Å². The van der Waals surface area contributed by atoms with E-state index < -0.39 is 0 Å². The highest BCUT2D eigenvalue weighted by Gasteiger charge is 2.13. The summed E-state index contributed by atoms with van der Waals surface area (Å²) < 4.78 is 4.77. The standard InChI is InChI=1S/C22H17ClN4O2/c1-29-21(28)15-10-8-14(9-11-15)17-6-4-7-18-19(17)20(27-22(23)26-18)25-13-16-5-2-3-12-24-16/h2-12H,13H2,1H3,(H,25,26,27). The minimum absolute atomic E-state index is 0.166. The third-order valence-electron chi connectivity index (χ3n) is 4.48. The number of nitrogens with zero attached hydrogens (tertiary/aromatic N) is 3. The molecule has 2 aromatic heterocycles. The lowest BCUT2D eigenvalue weighted by atomic mass is 9.99. The van der Waals surface area contributed by atoms with Crippen molar-refractivity contribution in [3.8, 4) is 11.1 Å². The number of carbonyl (C=O) groups excluding carboxylic acids is 1. The summed E-state index contributed by atoms with van der Waals surface area (Å²) in [6.45, 7) is 0.499. The molecule has 4 rings (SSSR count). The molecule has 0 aliphatic carbocycles. The molecule has 0 unspecified atom stereocenters. The van der Waals surface area contributed by atoms with Gasteiger partial charge >= 0.3 is 5.97 Å². The first-order valence-corrected chi connectivity index (χ1v) is 9.32. The number of halogens is 1. The van der Waals surface area contributed by atoms with Gasteiger partial charge in [-0.1, -0.05) is 30.3 Å². The van der Waals surface area contributed by atoms with Crippen LogP contribution in [-0.4, -0.2) is 28.0 Å². The number of ether oxygens (including phenoxy) is 1. The van der Waals surface area contributed by atoms with Crippen LogP contribution in [0.3, 0.4) is 0 Å². The van der Waals surface area contributed by atoms with Gasteiger partial charge in [-0.15, -0.1) is 0 Å². The number of hydrogen-bond acceptors (Lipinski definition) is 6. The fourth-order valence-corrected chi connectivity index (χ4v) is 3.28. The molecule has 0 fully saturated rings. The molecule has 0 aliphatic rings. The van der Waals surface area contributed by atoms with Crippen LogP contribution in [0.4, 0.5) is 5.82 Å². The summed E-state index contributed by atoms with van der Waals surface area (Å²) >= 11 is 6.15. The Morgan fingerprint density at radius 2 is 1.86 bits per heavy atom. The average Bonchev–Trinajstić information content (AvgIpc) is 2.77. The van der Waals surface area contributed by atoms with Crippen LogP contribution in [0.15, 0.2) is 66.9 Å². The molecule has 0 atom stereocenters. The lowest BCUT2D eigenvalue weighted by molar-refractivity contribution is 0.0601. The first kappa shape index (κ1) is 18.8. The molecule has 0 amide bonds. The molecule has 0 saturated carbocycles. The van der Waals surface area contributed by atoms with E-state index in [9.17, 15) is 4.79 Å². The highest BCUT2D eigenvalue weighted by Crippen LogP contribution is 2.33. The van der Waals surface area contributed by atoms with Crippen molar-refractivity contribution in [1.82, 2.24) is 15.0 Å². The van der Waals surface area contributed by atoms with Crippen molar-refractivity contribution < 1.29 is 9.53 Å². The van der Waals surface area contributed by atoms with Crippen molar-refractivity contribution in [1.29, 1.82) is 0 Å². The van der Waals surface area contributed by atoms with E-state index in [4.69, 9.17) is 16.3 Å². The van der Waals surface area contributed by atoms with Gasteiger partial charge in [0.1, 0.15) is 5.82 Å². The molecule has 1 N–H and O–H groups in total. The van der Waals surface area contributed by atoms with Crippen molar-refractivity contribution in [2.75, 3.05) is 12.4 Å².